The smallest absolute Gasteiger partial charge is 0.319 e. The van der Waals surface area contributed by atoms with Crippen molar-refractivity contribution >= 4 is 17.7 Å². The first-order chi connectivity index (χ1) is 9.63. The van der Waals surface area contributed by atoms with Gasteiger partial charge in [-0.25, -0.2) is 4.79 Å². The number of carbonyl (C=O) groups excluding carboxylic acids is 1. The Hall–Kier alpha value is -2.30. The van der Waals surface area contributed by atoms with E-state index < -0.39 is 5.97 Å². The summed E-state index contributed by atoms with van der Waals surface area (Å²) in [5, 5.41) is 14.3. The molecule has 5 nitrogen and oxygen atoms in total. The van der Waals surface area contributed by atoms with Crippen LogP contribution in [0.2, 0.25) is 0 Å². The molecule has 0 saturated carbocycles. The highest BCUT2D eigenvalue weighted by Gasteiger charge is 2.12. The largest absolute Gasteiger partial charge is 0.481 e. The number of carboxylic acid groups (broad SMARTS) is 1. The summed E-state index contributed by atoms with van der Waals surface area (Å²) in [4.78, 5) is 22.2. The molecule has 0 unspecified atom stereocenters. The van der Waals surface area contributed by atoms with Crippen molar-refractivity contribution < 1.29 is 14.7 Å². The van der Waals surface area contributed by atoms with E-state index in [1.807, 2.05) is 12.1 Å². The van der Waals surface area contributed by atoms with Crippen LogP contribution in [0, 0.1) is 0 Å². The van der Waals surface area contributed by atoms with Gasteiger partial charge in [0.1, 0.15) is 0 Å². The molecule has 0 bridgehead atoms. The van der Waals surface area contributed by atoms with Gasteiger partial charge in [-0.15, -0.1) is 0 Å². The zero-order chi connectivity index (χ0) is 14.4. The highest BCUT2D eigenvalue weighted by molar-refractivity contribution is 5.89. The molecule has 5 heteroatoms. The molecule has 1 aliphatic carbocycles. The summed E-state index contributed by atoms with van der Waals surface area (Å²) in [7, 11) is 0. The molecular formula is C15H18N2O3. The normalized spacial score (nSPS) is 14.2. The third-order valence-electron chi connectivity index (χ3n) is 3.18. The van der Waals surface area contributed by atoms with E-state index >= 15 is 0 Å². The van der Waals surface area contributed by atoms with Crippen molar-refractivity contribution in [3.63, 3.8) is 0 Å². The van der Waals surface area contributed by atoms with Crippen molar-refractivity contribution in [2.45, 2.75) is 31.7 Å². The van der Waals surface area contributed by atoms with Gasteiger partial charge in [-0.3, -0.25) is 4.79 Å². The molecule has 1 aromatic rings. The summed E-state index contributed by atoms with van der Waals surface area (Å²) < 4.78 is 0. The number of nitrogens with one attached hydrogen (secondary N) is 2. The molecule has 20 heavy (non-hydrogen) atoms. The van der Waals surface area contributed by atoms with Gasteiger partial charge in [0.25, 0.3) is 0 Å². The maximum atomic E-state index is 11.7. The minimum absolute atomic E-state index is 0.113. The number of carbonyl (C=O) groups is 2. The van der Waals surface area contributed by atoms with Gasteiger partial charge >= 0.3 is 12.0 Å². The molecule has 106 valence electrons. The molecule has 0 atom stereocenters. The van der Waals surface area contributed by atoms with Gasteiger partial charge in [0, 0.05) is 18.2 Å². The summed E-state index contributed by atoms with van der Waals surface area (Å²) in [6.07, 6.45) is 6.48. The van der Waals surface area contributed by atoms with Crippen LogP contribution in [0.4, 0.5) is 10.5 Å². The molecule has 0 saturated heterocycles. The summed E-state index contributed by atoms with van der Waals surface area (Å²) in [5.74, 6) is -0.809. The van der Waals surface area contributed by atoms with Crippen LogP contribution in [0.25, 0.3) is 0 Å². The zero-order valence-electron chi connectivity index (χ0n) is 11.1. The molecule has 1 aromatic carbocycles. The molecule has 0 fully saturated rings. The van der Waals surface area contributed by atoms with Gasteiger partial charge in [-0.1, -0.05) is 24.3 Å². The monoisotopic (exact) mass is 274 g/mol. The van der Waals surface area contributed by atoms with Crippen molar-refractivity contribution in [2.24, 2.45) is 0 Å². The number of carboxylic acids is 1. The quantitative estimate of drug-likeness (QED) is 0.722. The predicted molar refractivity (Wildman–Crippen MR) is 76.7 cm³/mol. The number of aryl methyl sites for hydroxylation is 1. The fraction of sp³-hybridized carbons (Fsp3) is 0.333. The fourth-order valence-electron chi connectivity index (χ4n) is 2.09. The fourth-order valence-corrected chi connectivity index (χ4v) is 2.09. The maximum Gasteiger partial charge on any atom is 0.319 e. The lowest BCUT2D eigenvalue weighted by Crippen LogP contribution is -2.36. The number of anilines is 1. The van der Waals surface area contributed by atoms with E-state index in [1.165, 1.54) is 0 Å². The minimum atomic E-state index is -0.809. The Morgan fingerprint density at radius 1 is 1.15 bits per heavy atom. The molecule has 0 spiro atoms. The van der Waals surface area contributed by atoms with Crippen LogP contribution in [-0.2, 0) is 11.2 Å². The summed E-state index contributed by atoms with van der Waals surface area (Å²) in [6, 6.07) is 7.19. The minimum Gasteiger partial charge on any atom is -0.481 e. The first kappa shape index (κ1) is 14.1. The molecule has 2 amide bonds. The number of amides is 2. The average molecular weight is 274 g/mol. The third kappa shape index (κ3) is 4.42. The van der Waals surface area contributed by atoms with Crippen LogP contribution < -0.4 is 10.6 Å². The number of urea groups is 1. The van der Waals surface area contributed by atoms with Crippen LogP contribution >= 0.6 is 0 Å². The summed E-state index contributed by atoms with van der Waals surface area (Å²) >= 11 is 0. The molecular weight excluding hydrogens is 256 g/mol. The van der Waals surface area contributed by atoms with Gasteiger partial charge in [-0.05, 0) is 37.0 Å². The van der Waals surface area contributed by atoms with Crippen LogP contribution in [0.15, 0.2) is 36.4 Å². The second-order valence-electron chi connectivity index (χ2n) is 4.83. The first-order valence-corrected chi connectivity index (χ1v) is 6.67. The molecule has 2 rings (SSSR count). The number of hydrogen-bond acceptors (Lipinski definition) is 2. The zero-order valence-corrected chi connectivity index (χ0v) is 11.1. The lowest BCUT2D eigenvalue weighted by Gasteiger charge is -2.13. The van der Waals surface area contributed by atoms with E-state index in [9.17, 15) is 9.59 Å². The van der Waals surface area contributed by atoms with E-state index in [0.29, 0.717) is 12.1 Å². The standard InChI is InChI=1S/C15H18N2O3/c18-14(19)10-7-11-5-8-13(9-6-11)17-15(20)16-12-3-1-2-4-12/h1-2,5-6,8-9,12H,3-4,7,10H2,(H,18,19)(H2,16,17,20). The van der Waals surface area contributed by atoms with Crippen LogP contribution in [-0.4, -0.2) is 23.1 Å². The van der Waals surface area contributed by atoms with Gasteiger partial charge in [-0.2, -0.15) is 0 Å². The lowest BCUT2D eigenvalue weighted by atomic mass is 10.1. The van der Waals surface area contributed by atoms with E-state index in [1.54, 1.807) is 12.1 Å². The second kappa shape index (κ2) is 6.75. The molecule has 1 aliphatic rings. The molecule has 3 N–H and O–H groups in total. The third-order valence-corrected chi connectivity index (χ3v) is 3.18. The second-order valence-corrected chi connectivity index (χ2v) is 4.83. The van der Waals surface area contributed by atoms with Crippen molar-refractivity contribution in [2.75, 3.05) is 5.32 Å². The number of benzene rings is 1. The van der Waals surface area contributed by atoms with Crippen molar-refractivity contribution in [3.8, 4) is 0 Å². The van der Waals surface area contributed by atoms with Crippen LogP contribution in [0.5, 0.6) is 0 Å². The highest BCUT2D eigenvalue weighted by atomic mass is 16.4. The Kier molecular flexibility index (Phi) is 4.76. The predicted octanol–water partition coefficient (Wildman–Crippen LogP) is 2.54. The van der Waals surface area contributed by atoms with Gasteiger partial charge < -0.3 is 15.7 Å². The average Bonchev–Trinajstić information content (AvgIpc) is 2.90. The topological polar surface area (TPSA) is 78.4 Å². The molecule has 0 radical (unpaired) electrons. The van der Waals surface area contributed by atoms with Crippen molar-refractivity contribution in [1.29, 1.82) is 0 Å². The van der Waals surface area contributed by atoms with E-state index in [4.69, 9.17) is 5.11 Å². The van der Waals surface area contributed by atoms with E-state index in [-0.39, 0.29) is 18.5 Å². The van der Waals surface area contributed by atoms with Crippen molar-refractivity contribution in [1.82, 2.24) is 5.32 Å². The van der Waals surface area contributed by atoms with E-state index in [0.717, 1.165) is 18.4 Å². The summed E-state index contributed by atoms with van der Waals surface area (Å²) in [6.45, 7) is 0. The first-order valence-electron chi connectivity index (χ1n) is 6.67. The SMILES string of the molecule is O=C(O)CCc1ccc(NC(=O)NC2CC=CC2)cc1. The Labute approximate surface area is 117 Å². The maximum absolute atomic E-state index is 11.7. The highest BCUT2D eigenvalue weighted by Crippen LogP contribution is 2.12. The van der Waals surface area contributed by atoms with E-state index in [2.05, 4.69) is 22.8 Å². The van der Waals surface area contributed by atoms with Crippen LogP contribution in [0.1, 0.15) is 24.8 Å². The Balaban J connectivity index is 1.80. The van der Waals surface area contributed by atoms with Gasteiger partial charge in [0.2, 0.25) is 0 Å². The Bertz CT molecular complexity index is 500. The molecule has 0 aliphatic heterocycles. The molecule has 0 heterocycles. The number of hydrogen-bond donors (Lipinski definition) is 3. The Morgan fingerprint density at radius 2 is 1.80 bits per heavy atom. The van der Waals surface area contributed by atoms with Crippen LogP contribution in [0.3, 0.4) is 0 Å². The van der Waals surface area contributed by atoms with Gasteiger partial charge in [0.15, 0.2) is 0 Å². The molecule has 0 aromatic heterocycles. The summed E-state index contributed by atoms with van der Waals surface area (Å²) in [5.41, 5.74) is 1.64. The number of rotatable bonds is 5. The lowest BCUT2D eigenvalue weighted by molar-refractivity contribution is -0.136. The number of aliphatic carboxylic acids is 1. The van der Waals surface area contributed by atoms with Gasteiger partial charge in [0.05, 0.1) is 0 Å². The Morgan fingerprint density at radius 3 is 2.40 bits per heavy atom. The van der Waals surface area contributed by atoms with Crippen molar-refractivity contribution in [3.05, 3.63) is 42.0 Å².